The first-order valence-electron chi connectivity index (χ1n) is 5.95. The summed E-state index contributed by atoms with van der Waals surface area (Å²) >= 11 is 0. The summed E-state index contributed by atoms with van der Waals surface area (Å²) in [4.78, 5) is 11.5. The molecule has 0 fully saturated rings. The Bertz CT molecular complexity index is 226. The standard InChI is InChI=1S/C13H26O3/c1-8-13(6,7)15-10(2)9-11(14)16-12(3,4)5/h10H,8-9H2,1-7H3. The maximum absolute atomic E-state index is 11.5. The molecule has 0 saturated carbocycles. The fourth-order valence-electron chi connectivity index (χ4n) is 1.29. The molecule has 3 heteroatoms. The van der Waals surface area contributed by atoms with Gasteiger partial charge < -0.3 is 9.47 Å². The molecular formula is C13H26O3. The summed E-state index contributed by atoms with van der Waals surface area (Å²) in [7, 11) is 0. The third-order valence-electron chi connectivity index (χ3n) is 2.25. The average Bonchev–Trinajstić information content (AvgIpc) is 1.98. The molecule has 0 aliphatic heterocycles. The van der Waals surface area contributed by atoms with Crippen molar-refractivity contribution >= 4 is 5.97 Å². The van der Waals surface area contributed by atoms with Crippen molar-refractivity contribution in [2.75, 3.05) is 0 Å². The van der Waals surface area contributed by atoms with Crippen molar-refractivity contribution in [1.29, 1.82) is 0 Å². The van der Waals surface area contributed by atoms with Crippen molar-refractivity contribution in [3.8, 4) is 0 Å². The highest BCUT2D eigenvalue weighted by atomic mass is 16.6. The molecule has 0 bridgehead atoms. The minimum atomic E-state index is -0.420. The highest BCUT2D eigenvalue weighted by Gasteiger charge is 2.23. The normalized spacial score (nSPS) is 14.7. The van der Waals surface area contributed by atoms with Crippen LogP contribution in [0.3, 0.4) is 0 Å². The lowest BCUT2D eigenvalue weighted by molar-refractivity contribution is -0.160. The van der Waals surface area contributed by atoms with Crippen molar-refractivity contribution in [2.24, 2.45) is 0 Å². The van der Waals surface area contributed by atoms with Crippen LogP contribution in [-0.4, -0.2) is 23.3 Å². The summed E-state index contributed by atoms with van der Waals surface area (Å²) in [5.74, 6) is -0.202. The maximum Gasteiger partial charge on any atom is 0.308 e. The molecule has 0 aromatic rings. The predicted molar refractivity (Wildman–Crippen MR) is 65.4 cm³/mol. The number of esters is 1. The smallest absolute Gasteiger partial charge is 0.308 e. The van der Waals surface area contributed by atoms with E-state index in [0.717, 1.165) is 6.42 Å². The first kappa shape index (κ1) is 15.4. The lowest BCUT2D eigenvalue weighted by atomic mass is 10.1. The number of ether oxygens (including phenoxy) is 2. The van der Waals surface area contributed by atoms with Crippen molar-refractivity contribution in [2.45, 2.75) is 78.6 Å². The number of hydrogen-bond acceptors (Lipinski definition) is 3. The summed E-state index contributed by atoms with van der Waals surface area (Å²) < 4.78 is 11.0. The van der Waals surface area contributed by atoms with Crippen LogP contribution in [0.25, 0.3) is 0 Å². The van der Waals surface area contributed by atoms with E-state index >= 15 is 0 Å². The van der Waals surface area contributed by atoms with Gasteiger partial charge in [0, 0.05) is 0 Å². The van der Waals surface area contributed by atoms with Gasteiger partial charge in [0.25, 0.3) is 0 Å². The molecular weight excluding hydrogens is 204 g/mol. The van der Waals surface area contributed by atoms with E-state index in [9.17, 15) is 4.79 Å². The van der Waals surface area contributed by atoms with Gasteiger partial charge in [-0.15, -0.1) is 0 Å². The Balaban J connectivity index is 4.06. The van der Waals surface area contributed by atoms with Crippen molar-refractivity contribution in [3.05, 3.63) is 0 Å². The minimum absolute atomic E-state index is 0.107. The van der Waals surface area contributed by atoms with Crippen LogP contribution in [0.4, 0.5) is 0 Å². The van der Waals surface area contributed by atoms with Gasteiger partial charge in [-0.25, -0.2) is 0 Å². The van der Waals surface area contributed by atoms with Gasteiger partial charge in [-0.05, 0) is 48.0 Å². The van der Waals surface area contributed by atoms with E-state index in [1.807, 2.05) is 41.5 Å². The molecule has 0 radical (unpaired) electrons. The average molecular weight is 230 g/mol. The van der Waals surface area contributed by atoms with Gasteiger partial charge in [-0.2, -0.15) is 0 Å². The SMILES string of the molecule is CCC(C)(C)OC(C)CC(=O)OC(C)(C)C. The Hall–Kier alpha value is -0.570. The predicted octanol–water partition coefficient (Wildman–Crippen LogP) is 3.31. The van der Waals surface area contributed by atoms with E-state index in [0.29, 0.717) is 6.42 Å². The molecule has 1 unspecified atom stereocenters. The fraction of sp³-hybridized carbons (Fsp3) is 0.923. The van der Waals surface area contributed by atoms with Gasteiger partial charge in [0.05, 0.1) is 18.1 Å². The fourth-order valence-corrected chi connectivity index (χ4v) is 1.29. The Kier molecular flexibility index (Phi) is 5.47. The Morgan fingerprint density at radius 1 is 1.19 bits per heavy atom. The number of carbonyl (C=O) groups excluding carboxylic acids is 1. The lowest BCUT2D eigenvalue weighted by Gasteiger charge is -2.28. The van der Waals surface area contributed by atoms with E-state index in [2.05, 4.69) is 6.92 Å². The number of rotatable bonds is 5. The largest absolute Gasteiger partial charge is 0.460 e. The second kappa shape index (κ2) is 5.67. The van der Waals surface area contributed by atoms with Crippen LogP contribution >= 0.6 is 0 Å². The van der Waals surface area contributed by atoms with Crippen LogP contribution in [0.5, 0.6) is 0 Å². The third kappa shape index (κ3) is 7.69. The van der Waals surface area contributed by atoms with Crippen LogP contribution in [0.15, 0.2) is 0 Å². The van der Waals surface area contributed by atoms with Crippen LogP contribution < -0.4 is 0 Å². The van der Waals surface area contributed by atoms with Gasteiger partial charge in [0.2, 0.25) is 0 Å². The summed E-state index contributed by atoms with van der Waals surface area (Å²) in [5, 5.41) is 0. The van der Waals surface area contributed by atoms with Crippen LogP contribution in [0.2, 0.25) is 0 Å². The molecule has 0 N–H and O–H groups in total. The molecule has 1 atom stereocenters. The second-order valence-electron chi connectivity index (χ2n) is 5.83. The zero-order valence-electron chi connectivity index (χ0n) is 11.7. The van der Waals surface area contributed by atoms with Gasteiger partial charge in [-0.3, -0.25) is 4.79 Å². The molecule has 0 spiro atoms. The van der Waals surface area contributed by atoms with Gasteiger partial charge in [-0.1, -0.05) is 6.92 Å². The van der Waals surface area contributed by atoms with E-state index < -0.39 is 5.60 Å². The zero-order chi connectivity index (χ0) is 13.0. The van der Waals surface area contributed by atoms with Crippen LogP contribution in [0.1, 0.15) is 61.3 Å². The van der Waals surface area contributed by atoms with Crippen LogP contribution in [-0.2, 0) is 14.3 Å². The maximum atomic E-state index is 11.5. The van der Waals surface area contributed by atoms with Crippen LogP contribution in [0, 0.1) is 0 Å². The van der Waals surface area contributed by atoms with Gasteiger partial charge in [0.1, 0.15) is 5.60 Å². The summed E-state index contributed by atoms with van der Waals surface area (Å²) in [6.45, 7) is 13.6. The van der Waals surface area contributed by atoms with E-state index in [1.54, 1.807) is 0 Å². The van der Waals surface area contributed by atoms with Crippen molar-refractivity contribution in [3.63, 3.8) is 0 Å². The molecule has 0 rings (SSSR count). The summed E-state index contributed by atoms with van der Waals surface area (Å²) in [5.41, 5.74) is -0.599. The Morgan fingerprint density at radius 2 is 1.69 bits per heavy atom. The monoisotopic (exact) mass is 230 g/mol. The molecule has 0 saturated heterocycles. The Labute approximate surface area is 99.5 Å². The molecule has 0 aromatic carbocycles. The minimum Gasteiger partial charge on any atom is -0.460 e. The van der Waals surface area contributed by atoms with Crippen molar-refractivity contribution in [1.82, 2.24) is 0 Å². The van der Waals surface area contributed by atoms with Gasteiger partial charge >= 0.3 is 5.97 Å². The molecule has 0 heterocycles. The molecule has 96 valence electrons. The van der Waals surface area contributed by atoms with E-state index in [1.165, 1.54) is 0 Å². The van der Waals surface area contributed by atoms with E-state index in [-0.39, 0.29) is 17.7 Å². The number of hydrogen-bond donors (Lipinski definition) is 0. The third-order valence-corrected chi connectivity index (χ3v) is 2.25. The first-order chi connectivity index (χ1) is 7.06. The highest BCUT2D eigenvalue weighted by molar-refractivity contribution is 5.70. The Morgan fingerprint density at radius 3 is 2.06 bits per heavy atom. The molecule has 3 nitrogen and oxygen atoms in total. The van der Waals surface area contributed by atoms with Gasteiger partial charge in [0.15, 0.2) is 0 Å². The molecule has 0 aromatic heterocycles. The first-order valence-corrected chi connectivity index (χ1v) is 5.95. The summed E-state index contributed by atoms with van der Waals surface area (Å²) in [6, 6.07) is 0. The van der Waals surface area contributed by atoms with Crippen molar-refractivity contribution < 1.29 is 14.3 Å². The lowest BCUT2D eigenvalue weighted by Crippen LogP contribution is -2.32. The van der Waals surface area contributed by atoms with E-state index in [4.69, 9.17) is 9.47 Å². The topological polar surface area (TPSA) is 35.5 Å². The molecule has 0 aliphatic rings. The highest BCUT2D eigenvalue weighted by Crippen LogP contribution is 2.18. The molecule has 16 heavy (non-hydrogen) atoms. The quantitative estimate of drug-likeness (QED) is 0.680. The zero-order valence-corrected chi connectivity index (χ0v) is 11.7. The number of carbonyl (C=O) groups is 1. The summed E-state index contributed by atoms with van der Waals surface area (Å²) in [6.07, 6.45) is 1.12. The molecule has 0 amide bonds. The second-order valence-corrected chi connectivity index (χ2v) is 5.83. The molecule has 0 aliphatic carbocycles.